The van der Waals surface area contributed by atoms with E-state index in [9.17, 15) is 20.0 Å². The van der Waals surface area contributed by atoms with E-state index in [1.165, 1.54) is 11.0 Å². The second kappa shape index (κ2) is 4.77. The van der Waals surface area contributed by atoms with Gasteiger partial charge in [-0.05, 0) is 18.4 Å². The van der Waals surface area contributed by atoms with Crippen LogP contribution in [0.15, 0.2) is 16.5 Å². The second-order valence-electron chi connectivity index (χ2n) is 4.48. The van der Waals surface area contributed by atoms with Gasteiger partial charge < -0.3 is 14.4 Å². The lowest BCUT2D eigenvalue weighted by Gasteiger charge is -2.33. The van der Waals surface area contributed by atoms with Crippen LogP contribution in [0.1, 0.15) is 23.9 Å². The van der Waals surface area contributed by atoms with Crippen molar-refractivity contribution in [1.82, 2.24) is 4.90 Å². The third-order valence-electron chi connectivity index (χ3n) is 3.19. The maximum atomic E-state index is 12.0. The molecule has 1 fully saturated rings. The monoisotopic (exact) mass is 254 g/mol. The number of rotatable bonds is 2. The zero-order valence-corrected chi connectivity index (χ0v) is 9.91. The number of nitrogens with zero attached hydrogens (tertiary/aromatic N) is 2. The van der Waals surface area contributed by atoms with Gasteiger partial charge in [-0.15, -0.1) is 0 Å². The molecule has 0 aliphatic carbocycles. The number of piperidine rings is 1. The van der Waals surface area contributed by atoms with Crippen LogP contribution in [0, 0.1) is 16.0 Å². The van der Waals surface area contributed by atoms with Crippen LogP contribution in [0.3, 0.4) is 0 Å². The van der Waals surface area contributed by atoms with Crippen molar-refractivity contribution in [3.8, 4) is 0 Å². The largest absolute Gasteiger partial charge is 0.433 e. The molecule has 1 aromatic rings. The Bertz CT molecular complexity index is 470. The molecule has 1 N–H and O–H groups in total. The van der Waals surface area contributed by atoms with Gasteiger partial charge in [0.25, 0.3) is 5.91 Å². The van der Waals surface area contributed by atoms with Crippen LogP contribution >= 0.6 is 0 Å². The van der Waals surface area contributed by atoms with Crippen molar-refractivity contribution in [3.63, 3.8) is 0 Å². The fourth-order valence-electron chi connectivity index (χ4n) is 1.93. The highest BCUT2D eigenvalue weighted by atomic mass is 16.6. The molecule has 2 atom stereocenters. The lowest BCUT2D eigenvalue weighted by atomic mass is 9.96. The second-order valence-corrected chi connectivity index (χ2v) is 4.48. The molecule has 1 aromatic heterocycles. The predicted octanol–water partition coefficient (Wildman–Crippen LogP) is 1.03. The van der Waals surface area contributed by atoms with Gasteiger partial charge in [0.15, 0.2) is 5.76 Å². The third-order valence-corrected chi connectivity index (χ3v) is 3.19. The first-order chi connectivity index (χ1) is 8.49. The first kappa shape index (κ1) is 12.6. The SMILES string of the molecule is CC1CCN(C(=O)c2ccc([N+](=O)[O-])o2)CC1O. The summed E-state index contributed by atoms with van der Waals surface area (Å²) < 4.78 is 4.85. The predicted molar refractivity (Wildman–Crippen MR) is 61.1 cm³/mol. The number of carbonyl (C=O) groups is 1. The molecule has 1 aliphatic rings. The van der Waals surface area contributed by atoms with E-state index in [4.69, 9.17) is 4.42 Å². The molecule has 0 saturated carbocycles. The zero-order chi connectivity index (χ0) is 13.3. The van der Waals surface area contributed by atoms with E-state index in [1.54, 1.807) is 0 Å². The van der Waals surface area contributed by atoms with Crippen LogP contribution in [-0.4, -0.2) is 40.0 Å². The number of aliphatic hydroxyl groups is 1. The number of hydrogen-bond acceptors (Lipinski definition) is 5. The van der Waals surface area contributed by atoms with Crippen LogP contribution in [0.25, 0.3) is 0 Å². The summed E-state index contributed by atoms with van der Waals surface area (Å²) in [6.07, 6.45) is 0.142. The van der Waals surface area contributed by atoms with Crippen molar-refractivity contribution in [2.75, 3.05) is 13.1 Å². The Hall–Kier alpha value is -1.89. The first-order valence-electron chi connectivity index (χ1n) is 5.70. The molecule has 0 radical (unpaired) electrons. The molecule has 1 saturated heterocycles. The number of nitro groups is 1. The Kier molecular flexibility index (Phi) is 3.33. The third kappa shape index (κ3) is 2.35. The van der Waals surface area contributed by atoms with Crippen LogP contribution in [0.4, 0.5) is 5.88 Å². The van der Waals surface area contributed by atoms with Crippen molar-refractivity contribution < 1.29 is 19.2 Å². The number of likely N-dealkylation sites (tertiary alicyclic amines) is 1. The quantitative estimate of drug-likeness (QED) is 0.628. The Morgan fingerprint density at radius 1 is 1.61 bits per heavy atom. The summed E-state index contributed by atoms with van der Waals surface area (Å²) in [5, 5.41) is 20.2. The molecule has 1 amide bonds. The normalized spacial score (nSPS) is 24.0. The van der Waals surface area contributed by atoms with Crippen LogP contribution in [0.5, 0.6) is 0 Å². The van der Waals surface area contributed by atoms with Crippen molar-refractivity contribution in [3.05, 3.63) is 28.0 Å². The van der Waals surface area contributed by atoms with E-state index in [0.717, 1.165) is 6.07 Å². The lowest BCUT2D eigenvalue weighted by Crippen LogP contribution is -2.45. The Balaban J connectivity index is 2.09. The van der Waals surface area contributed by atoms with E-state index in [0.29, 0.717) is 13.0 Å². The van der Waals surface area contributed by atoms with Gasteiger partial charge in [-0.25, -0.2) is 0 Å². The molecule has 7 heteroatoms. The highest BCUT2D eigenvalue weighted by Crippen LogP contribution is 2.21. The van der Waals surface area contributed by atoms with Crippen LogP contribution in [0.2, 0.25) is 0 Å². The number of β-amino-alcohol motifs (C(OH)–C–C–N with tert-alkyl or cyclic N) is 1. The van der Waals surface area contributed by atoms with E-state index in [1.807, 2.05) is 6.92 Å². The molecule has 7 nitrogen and oxygen atoms in total. The van der Waals surface area contributed by atoms with Gasteiger partial charge in [-0.2, -0.15) is 0 Å². The number of furan rings is 1. The van der Waals surface area contributed by atoms with Crippen molar-refractivity contribution in [1.29, 1.82) is 0 Å². The molecule has 1 aliphatic heterocycles. The average Bonchev–Trinajstić information content (AvgIpc) is 2.81. The van der Waals surface area contributed by atoms with Crippen molar-refractivity contribution in [2.24, 2.45) is 5.92 Å². The van der Waals surface area contributed by atoms with Gasteiger partial charge in [-0.1, -0.05) is 6.92 Å². The molecule has 0 bridgehead atoms. The van der Waals surface area contributed by atoms with Crippen molar-refractivity contribution >= 4 is 11.8 Å². The minimum atomic E-state index is -0.691. The summed E-state index contributed by atoms with van der Waals surface area (Å²) >= 11 is 0. The standard InChI is InChI=1S/C11H14N2O5/c1-7-4-5-12(6-8(7)14)11(15)9-2-3-10(18-9)13(16)17/h2-3,7-8,14H,4-6H2,1H3. The van der Waals surface area contributed by atoms with Gasteiger partial charge in [0.2, 0.25) is 0 Å². The van der Waals surface area contributed by atoms with Crippen molar-refractivity contribution in [2.45, 2.75) is 19.4 Å². The fourth-order valence-corrected chi connectivity index (χ4v) is 1.93. The molecular weight excluding hydrogens is 240 g/mol. The van der Waals surface area contributed by atoms with E-state index >= 15 is 0 Å². The van der Waals surface area contributed by atoms with Gasteiger partial charge in [-0.3, -0.25) is 14.9 Å². The molecule has 18 heavy (non-hydrogen) atoms. The van der Waals surface area contributed by atoms with E-state index in [2.05, 4.69) is 0 Å². The Morgan fingerprint density at radius 3 is 2.89 bits per heavy atom. The minimum Gasteiger partial charge on any atom is -0.395 e. The molecule has 0 aromatic carbocycles. The lowest BCUT2D eigenvalue weighted by molar-refractivity contribution is -0.402. The fraction of sp³-hybridized carbons (Fsp3) is 0.545. The van der Waals surface area contributed by atoms with Gasteiger partial charge >= 0.3 is 5.88 Å². The molecule has 2 rings (SSSR count). The zero-order valence-electron chi connectivity index (χ0n) is 9.91. The van der Waals surface area contributed by atoms with Gasteiger partial charge in [0.05, 0.1) is 12.2 Å². The minimum absolute atomic E-state index is 0.0662. The first-order valence-corrected chi connectivity index (χ1v) is 5.70. The Morgan fingerprint density at radius 2 is 2.33 bits per heavy atom. The number of amides is 1. The number of carbonyl (C=O) groups excluding carboxylic acids is 1. The highest BCUT2D eigenvalue weighted by molar-refractivity contribution is 5.91. The van der Waals surface area contributed by atoms with Crippen LogP contribution in [-0.2, 0) is 0 Å². The van der Waals surface area contributed by atoms with E-state index < -0.39 is 22.8 Å². The number of aliphatic hydroxyl groups excluding tert-OH is 1. The molecule has 0 spiro atoms. The smallest absolute Gasteiger partial charge is 0.395 e. The van der Waals surface area contributed by atoms with Gasteiger partial charge in [0.1, 0.15) is 4.92 Å². The maximum Gasteiger partial charge on any atom is 0.433 e. The number of hydrogen-bond donors (Lipinski definition) is 1. The molecule has 98 valence electrons. The summed E-state index contributed by atoms with van der Waals surface area (Å²) in [5.74, 6) is -0.790. The topological polar surface area (TPSA) is 96.8 Å². The van der Waals surface area contributed by atoms with Gasteiger partial charge in [0, 0.05) is 13.1 Å². The van der Waals surface area contributed by atoms with Crippen LogP contribution < -0.4 is 0 Å². The molecule has 2 heterocycles. The molecular formula is C11H14N2O5. The highest BCUT2D eigenvalue weighted by Gasteiger charge is 2.30. The van der Waals surface area contributed by atoms with E-state index in [-0.39, 0.29) is 18.2 Å². The summed E-state index contributed by atoms with van der Waals surface area (Å²) in [7, 11) is 0. The molecule has 2 unspecified atom stereocenters. The summed E-state index contributed by atoms with van der Waals surface area (Å²) in [4.78, 5) is 23.2. The Labute approximate surface area is 103 Å². The summed E-state index contributed by atoms with van der Waals surface area (Å²) in [6, 6.07) is 2.43. The summed E-state index contributed by atoms with van der Waals surface area (Å²) in [6.45, 7) is 2.67. The maximum absolute atomic E-state index is 12.0. The summed E-state index contributed by atoms with van der Waals surface area (Å²) in [5.41, 5.74) is 0. The average molecular weight is 254 g/mol.